The standard InChI is InChI=1S/C26H31N2O4S.ClHO4/c1-18(2)24-14-22(21-8-6-5-7-9-21)15-25(19(3)4)28(24)16-26(29)32-17-20-10-12-23(13-11-20)33(27,30)31;2-1(3,4)5/h5-15,18-19H,16-17H2,1-4H3,(H2,27,30,31);(H,2,3,4,5)/q+1;/p-1. The van der Waals surface area contributed by atoms with Crippen LogP contribution in [0.4, 0.5) is 0 Å². The Hall–Kier alpha value is -2.90. The summed E-state index contributed by atoms with van der Waals surface area (Å²) < 4.78 is 64.3. The lowest BCUT2D eigenvalue weighted by molar-refractivity contribution is -2.00. The predicted octanol–water partition coefficient (Wildman–Crippen LogP) is -0.477. The third-order valence-corrected chi connectivity index (χ3v) is 6.39. The number of hydrogen-bond acceptors (Lipinski definition) is 8. The maximum Gasteiger partial charge on any atom is 0.373 e. The second-order valence-corrected chi connectivity index (χ2v) is 11.4. The van der Waals surface area contributed by atoms with E-state index < -0.39 is 20.3 Å². The first kappa shape index (κ1) is 31.3. The molecule has 0 aliphatic carbocycles. The Morgan fingerprint density at radius 1 is 0.868 bits per heavy atom. The quantitative estimate of drug-likeness (QED) is 0.280. The second kappa shape index (κ2) is 13.3. The van der Waals surface area contributed by atoms with Gasteiger partial charge >= 0.3 is 5.97 Å². The van der Waals surface area contributed by atoms with E-state index in [1.165, 1.54) is 12.1 Å². The number of halogens is 1. The highest BCUT2D eigenvalue weighted by atomic mass is 35.7. The minimum absolute atomic E-state index is 0.0230. The maximum atomic E-state index is 12.8. The van der Waals surface area contributed by atoms with Gasteiger partial charge in [0.2, 0.25) is 16.6 Å². The number of benzene rings is 2. The number of nitrogens with zero attached hydrogens (tertiary/aromatic N) is 1. The summed E-state index contributed by atoms with van der Waals surface area (Å²) in [5.41, 5.74) is 5.08. The van der Waals surface area contributed by atoms with Crippen molar-refractivity contribution < 1.29 is 51.4 Å². The van der Waals surface area contributed by atoms with Gasteiger partial charge in [0.15, 0.2) is 11.4 Å². The van der Waals surface area contributed by atoms with Gasteiger partial charge in [0.1, 0.15) is 6.61 Å². The summed E-state index contributed by atoms with van der Waals surface area (Å²) in [5, 5.41) is 5.12. The van der Waals surface area contributed by atoms with Crippen LogP contribution in [-0.2, 0) is 32.7 Å². The summed E-state index contributed by atoms with van der Waals surface area (Å²) in [6.07, 6.45) is 0. The highest BCUT2D eigenvalue weighted by molar-refractivity contribution is 7.89. The first-order valence-corrected chi connectivity index (χ1v) is 14.4. The molecule has 3 aromatic rings. The molecule has 2 aromatic carbocycles. The number of esters is 1. The molecular weight excluding hydrogens is 536 g/mol. The monoisotopic (exact) mass is 566 g/mol. The lowest BCUT2D eigenvalue weighted by atomic mass is 9.97. The summed E-state index contributed by atoms with van der Waals surface area (Å²) in [5.74, 6) is 0.0706. The first-order valence-electron chi connectivity index (χ1n) is 11.6. The molecule has 0 saturated carbocycles. The number of ether oxygens (including phenoxy) is 1. The summed E-state index contributed by atoms with van der Waals surface area (Å²) in [7, 11) is -8.70. The highest BCUT2D eigenvalue weighted by Gasteiger charge is 2.26. The van der Waals surface area contributed by atoms with E-state index in [1.54, 1.807) is 12.1 Å². The average Bonchev–Trinajstić information content (AvgIpc) is 2.81. The van der Waals surface area contributed by atoms with Gasteiger partial charge in [0.05, 0.1) is 4.90 Å². The summed E-state index contributed by atoms with van der Waals surface area (Å²) >= 11 is 0. The SMILES string of the molecule is CC(C)c1cc(-c2ccccc2)cc(C(C)C)[n+]1CC(=O)OCc1ccc(S(N)(=O)=O)cc1.[O-][Cl+3]([O-])([O-])[O-]. The lowest BCUT2D eigenvalue weighted by Gasteiger charge is -2.17. The molecule has 0 atom stereocenters. The van der Waals surface area contributed by atoms with E-state index in [0.29, 0.717) is 5.56 Å². The van der Waals surface area contributed by atoms with E-state index in [0.717, 1.165) is 22.5 Å². The molecule has 2 N–H and O–H groups in total. The molecule has 0 radical (unpaired) electrons. The van der Waals surface area contributed by atoms with E-state index in [2.05, 4.69) is 52.0 Å². The second-order valence-electron chi connectivity index (χ2n) is 9.08. The molecule has 0 spiro atoms. The van der Waals surface area contributed by atoms with Crippen molar-refractivity contribution in [3.8, 4) is 11.1 Å². The molecule has 0 bridgehead atoms. The Bertz CT molecular complexity index is 1290. The van der Waals surface area contributed by atoms with Crippen LogP contribution in [0, 0.1) is 10.2 Å². The van der Waals surface area contributed by atoms with Crippen molar-refractivity contribution in [1.82, 2.24) is 0 Å². The highest BCUT2D eigenvalue weighted by Crippen LogP contribution is 2.26. The summed E-state index contributed by atoms with van der Waals surface area (Å²) in [6, 6.07) is 20.5. The molecule has 3 rings (SSSR count). The van der Waals surface area contributed by atoms with Crippen LogP contribution in [-0.4, -0.2) is 14.4 Å². The van der Waals surface area contributed by atoms with E-state index in [9.17, 15) is 13.2 Å². The molecule has 12 heteroatoms. The number of primary sulfonamides is 1. The van der Waals surface area contributed by atoms with E-state index >= 15 is 0 Å². The van der Waals surface area contributed by atoms with Crippen LogP contribution in [0.5, 0.6) is 0 Å². The number of rotatable bonds is 8. The molecule has 0 amide bonds. The van der Waals surface area contributed by atoms with Crippen LogP contribution in [0.25, 0.3) is 11.1 Å². The van der Waals surface area contributed by atoms with Crippen LogP contribution < -0.4 is 28.3 Å². The fourth-order valence-corrected chi connectivity index (χ4v) is 4.23. The van der Waals surface area contributed by atoms with Crippen LogP contribution in [0.3, 0.4) is 0 Å². The number of nitrogens with two attached hydrogens (primary N) is 1. The number of pyridine rings is 1. The summed E-state index contributed by atoms with van der Waals surface area (Å²) in [6.45, 7) is 8.62. The zero-order chi connectivity index (χ0) is 28.7. The van der Waals surface area contributed by atoms with Gasteiger partial charge in [-0.25, -0.2) is 37.0 Å². The van der Waals surface area contributed by atoms with Crippen molar-refractivity contribution in [3.63, 3.8) is 0 Å². The molecule has 0 unspecified atom stereocenters. The smallest absolute Gasteiger partial charge is 0.373 e. The topological polar surface area (TPSA) is 183 Å². The fraction of sp³-hybridized carbons (Fsp3) is 0.308. The van der Waals surface area contributed by atoms with Gasteiger partial charge in [-0.05, 0) is 28.8 Å². The lowest BCUT2D eigenvalue weighted by Crippen LogP contribution is -2.68. The molecular formula is C26H31ClN2O8S. The molecule has 0 fully saturated rings. The maximum absolute atomic E-state index is 12.8. The van der Waals surface area contributed by atoms with Crippen molar-refractivity contribution in [2.75, 3.05) is 0 Å². The van der Waals surface area contributed by atoms with Gasteiger partial charge in [-0.15, -0.1) is 10.2 Å². The van der Waals surface area contributed by atoms with Crippen molar-refractivity contribution in [2.24, 2.45) is 5.14 Å². The number of carbonyl (C=O) groups is 1. The van der Waals surface area contributed by atoms with Crippen LogP contribution in [0.15, 0.2) is 71.6 Å². The van der Waals surface area contributed by atoms with Gasteiger partial charge in [-0.3, -0.25) is 0 Å². The van der Waals surface area contributed by atoms with E-state index in [4.69, 9.17) is 28.5 Å². The van der Waals surface area contributed by atoms with Crippen molar-refractivity contribution >= 4 is 16.0 Å². The molecule has 10 nitrogen and oxygen atoms in total. The number of hydrogen-bond donors (Lipinski definition) is 1. The Labute approximate surface area is 224 Å². The van der Waals surface area contributed by atoms with Crippen molar-refractivity contribution in [3.05, 3.63) is 83.7 Å². The minimum atomic E-state index is -4.94. The van der Waals surface area contributed by atoms with Gasteiger partial charge in [-0.2, -0.15) is 4.57 Å². The average molecular weight is 567 g/mol. The molecule has 0 saturated heterocycles. The van der Waals surface area contributed by atoms with Crippen LogP contribution in [0.1, 0.15) is 56.5 Å². The van der Waals surface area contributed by atoms with Gasteiger partial charge in [0.25, 0.3) is 0 Å². The fourth-order valence-electron chi connectivity index (χ4n) is 3.72. The van der Waals surface area contributed by atoms with E-state index in [-0.39, 0.29) is 35.9 Å². The Kier molecular flexibility index (Phi) is 10.9. The van der Waals surface area contributed by atoms with Gasteiger partial charge < -0.3 is 4.74 Å². The third kappa shape index (κ3) is 10.1. The van der Waals surface area contributed by atoms with Crippen LogP contribution in [0.2, 0.25) is 0 Å². The zero-order valence-corrected chi connectivity index (χ0v) is 23.1. The van der Waals surface area contributed by atoms with Gasteiger partial charge in [0, 0.05) is 24.0 Å². The molecule has 1 heterocycles. The van der Waals surface area contributed by atoms with E-state index in [1.807, 2.05) is 22.8 Å². The summed E-state index contributed by atoms with van der Waals surface area (Å²) in [4.78, 5) is 12.8. The third-order valence-electron chi connectivity index (χ3n) is 5.46. The minimum Gasteiger partial charge on any atom is -0.456 e. The predicted molar refractivity (Wildman–Crippen MR) is 128 cm³/mol. The molecule has 38 heavy (non-hydrogen) atoms. The Balaban J connectivity index is 0.000000926. The van der Waals surface area contributed by atoms with Crippen molar-refractivity contribution in [2.45, 2.75) is 57.6 Å². The number of aromatic nitrogens is 1. The molecule has 206 valence electrons. The van der Waals surface area contributed by atoms with Gasteiger partial charge in [-0.1, -0.05) is 70.2 Å². The zero-order valence-electron chi connectivity index (χ0n) is 21.5. The van der Waals surface area contributed by atoms with Crippen LogP contribution >= 0.6 is 0 Å². The molecule has 0 aliphatic rings. The molecule has 0 aliphatic heterocycles. The Morgan fingerprint density at radius 2 is 1.34 bits per heavy atom. The first-order chi connectivity index (χ1) is 17.6. The molecule has 1 aromatic heterocycles. The largest absolute Gasteiger partial charge is 0.456 e. The van der Waals surface area contributed by atoms with Crippen molar-refractivity contribution in [1.29, 1.82) is 0 Å². The number of carbonyl (C=O) groups excluding carboxylic acids is 1. The Morgan fingerprint density at radius 3 is 1.76 bits per heavy atom. The number of sulfonamides is 1. The normalized spacial score (nSPS) is 11.8.